The maximum atomic E-state index is 12.3. The maximum absolute atomic E-state index is 12.3. The van der Waals surface area contributed by atoms with Crippen LogP contribution in [-0.2, 0) is 6.54 Å². The largest absolute Gasteiger partial charge is 0.506 e. The van der Waals surface area contributed by atoms with Gasteiger partial charge in [0, 0.05) is 30.8 Å². The topological polar surface area (TPSA) is 85.2 Å². The number of halogens is 1. The predicted molar refractivity (Wildman–Crippen MR) is 127 cm³/mol. The third-order valence-electron chi connectivity index (χ3n) is 5.88. The lowest BCUT2D eigenvalue weighted by molar-refractivity contribution is 0.0955. The van der Waals surface area contributed by atoms with Gasteiger partial charge in [-0.1, -0.05) is 48.0 Å². The first-order chi connectivity index (χ1) is 15.5. The van der Waals surface area contributed by atoms with E-state index in [0.29, 0.717) is 11.5 Å². The molecule has 0 bridgehead atoms. The van der Waals surface area contributed by atoms with Crippen LogP contribution in [0.4, 0.5) is 0 Å². The van der Waals surface area contributed by atoms with E-state index in [-0.39, 0.29) is 17.4 Å². The van der Waals surface area contributed by atoms with Gasteiger partial charge >= 0.3 is 0 Å². The molecule has 0 saturated carbocycles. The number of benzene rings is 3. The summed E-state index contributed by atoms with van der Waals surface area (Å²) in [4.78, 5) is 14.7. The van der Waals surface area contributed by atoms with E-state index in [4.69, 9.17) is 11.6 Å². The number of carbonyl (C=O) groups is 1. The first kappa shape index (κ1) is 22.3. The van der Waals surface area contributed by atoms with Crippen molar-refractivity contribution >= 4 is 34.5 Å². The number of aromatic hydroxyl groups is 1. The van der Waals surface area contributed by atoms with Crippen molar-refractivity contribution in [2.75, 3.05) is 19.7 Å². The number of phenols is 1. The number of carbonyl (C=O) groups excluding carboxylic acids is 1. The van der Waals surface area contributed by atoms with Crippen LogP contribution < -0.4 is 5.43 Å². The van der Waals surface area contributed by atoms with Gasteiger partial charge in [-0.25, -0.2) is 5.43 Å². The first-order valence-electron chi connectivity index (χ1n) is 10.7. The van der Waals surface area contributed by atoms with Gasteiger partial charge in [0.25, 0.3) is 5.91 Å². The summed E-state index contributed by atoms with van der Waals surface area (Å²) < 4.78 is 0. The number of aliphatic hydroxyl groups is 1. The van der Waals surface area contributed by atoms with Crippen molar-refractivity contribution < 1.29 is 15.0 Å². The van der Waals surface area contributed by atoms with Gasteiger partial charge in [-0.2, -0.15) is 5.10 Å². The van der Waals surface area contributed by atoms with E-state index in [2.05, 4.69) is 33.6 Å². The number of fused-ring (bicyclic) bond motifs is 1. The Bertz CT molecular complexity index is 1150. The minimum Gasteiger partial charge on any atom is -0.506 e. The Kier molecular flexibility index (Phi) is 7.05. The van der Waals surface area contributed by atoms with E-state index in [0.717, 1.165) is 48.8 Å². The molecule has 1 unspecified atom stereocenters. The third-order valence-corrected chi connectivity index (χ3v) is 6.19. The number of amides is 1. The Morgan fingerprint density at radius 1 is 1.19 bits per heavy atom. The second kappa shape index (κ2) is 10.1. The van der Waals surface area contributed by atoms with Gasteiger partial charge in [-0.15, -0.1) is 0 Å². The smallest absolute Gasteiger partial charge is 0.271 e. The molecule has 7 heteroatoms. The first-order valence-corrected chi connectivity index (χ1v) is 11.1. The zero-order valence-corrected chi connectivity index (χ0v) is 18.4. The molecule has 1 saturated heterocycles. The van der Waals surface area contributed by atoms with Gasteiger partial charge in [-0.3, -0.25) is 9.69 Å². The molecule has 0 radical (unpaired) electrons. The van der Waals surface area contributed by atoms with Crippen molar-refractivity contribution in [1.82, 2.24) is 10.3 Å². The average molecular weight is 452 g/mol. The molecule has 3 aromatic rings. The maximum Gasteiger partial charge on any atom is 0.271 e. The Morgan fingerprint density at radius 2 is 2.00 bits per heavy atom. The number of nitrogens with one attached hydrogen (secondary N) is 1. The molecule has 3 N–H and O–H groups in total. The van der Waals surface area contributed by atoms with E-state index >= 15 is 0 Å². The molecule has 0 aromatic heterocycles. The fraction of sp³-hybridized carbons (Fsp3) is 0.280. The summed E-state index contributed by atoms with van der Waals surface area (Å²) in [6.07, 6.45) is 3.83. The van der Waals surface area contributed by atoms with Gasteiger partial charge in [-0.05, 0) is 59.8 Å². The summed E-state index contributed by atoms with van der Waals surface area (Å²) in [5.74, 6) is -0.129. The molecule has 6 nitrogen and oxygen atoms in total. The summed E-state index contributed by atoms with van der Waals surface area (Å²) in [6.45, 7) is 3.05. The van der Waals surface area contributed by atoms with Crippen molar-refractivity contribution in [1.29, 1.82) is 0 Å². The molecule has 1 amide bonds. The van der Waals surface area contributed by atoms with E-state index in [1.807, 2.05) is 18.2 Å². The van der Waals surface area contributed by atoms with Crippen LogP contribution in [0.2, 0.25) is 5.02 Å². The van der Waals surface area contributed by atoms with Crippen LogP contribution >= 0.6 is 11.6 Å². The number of likely N-dealkylation sites (tertiary alicyclic amines) is 1. The van der Waals surface area contributed by atoms with Gasteiger partial charge in [0.05, 0.1) is 11.2 Å². The lowest BCUT2D eigenvalue weighted by Crippen LogP contribution is -2.36. The van der Waals surface area contributed by atoms with Gasteiger partial charge in [0.2, 0.25) is 0 Å². The molecular formula is C25H26ClN3O3. The number of rotatable bonds is 6. The molecule has 1 atom stereocenters. The quantitative estimate of drug-likeness (QED) is 0.388. The minimum atomic E-state index is -0.410. The number of hydrogen-bond acceptors (Lipinski definition) is 5. The second-order valence-corrected chi connectivity index (χ2v) is 8.56. The summed E-state index contributed by atoms with van der Waals surface area (Å²) in [5, 5.41) is 25.5. The summed E-state index contributed by atoms with van der Waals surface area (Å²) in [6, 6.07) is 16.5. The molecule has 1 aliphatic rings. The van der Waals surface area contributed by atoms with Crippen LogP contribution in [0.25, 0.3) is 10.8 Å². The highest BCUT2D eigenvalue weighted by atomic mass is 35.5. The second-order valence-electron chi connectivity index (χ2n) is 8.15. The Hall–Kier alpha value is -2.93. The van der Waals surface area contributed by atoms with E-state index < -0.39 is 5.91 Å². The fourth-order valence-corrected chi connectivity index (χ4v) is 4.37. The molecule has 1 heterocycles. The summed E-state index contributed by atoms with van der Waals surface area (Å²) in [7, 11) is 0. The molecule has 4 rings (SSSR count). The molecular weight excluding hydrogens is 426 g/mol. The highest BCUT2D eigenvalue weighted by Gasteiger charge is 2.20. The summed E-state index contributed by atoms with van der Waals surface area (Å²) >= 11 is 5.87. The van der Waals surface area contributed by atoms with E-state index in [1.165, 1.54) is 23.8 Å². The Balaban J connectivity index is 1.50. The minimum absolute atomic E-state index is 0.0743. The molecule has 1 fully saturated rings. The number of hydrogen-bond donors (Lipinski definition) is 3. The van der Waals surface area contributed by atoms with Crippen LogP contribution in [0, 0.1) is 5.92 Å². The van der Waals surface area contributed by atoms with Crippen LogP contribution in [0.5, 0.6) is 5.75 Å². The monoisotopic (exact) mass is 451 g/mol. The molecule has 1 aliphatic heterocycles. The number of aliphatic hydroxyl groups excluding tert-OH is 1. The standard InChI is InChI=1S/C25H26ClN3O3/c26-23-12-18(9-10-24(23)31)25(32)28-27-13-19-7-8-20(22-6-2-1-5-21(19)22)15-29-11-3-4-17(14-29)16-30/h1-2,5-10,12-13,17,30-31H,3-4,11,14-16H2,(H,28,32)/b27-13+. The van der Waals surface area contributed by atoms with Crippen LogP contribution in [0.1, 0.15) is 34.3 Å². The van der Waals surface area contributed by atoms with Gasteiger partial charge < -0.3 is 10.2 Å². The average Bonchev–Trinajstić information content (AvgIpc) is 2.82. The third kappa shape index (κ3) is 5.10. The lowest BCUT2D eigenvalue weighted by Gasteiger charge is -2.32. The zero-order chi connectivity index (χ0) is 22.5. The van der Waals surface area contributed by atoms with Gasteiger partial charge in [0.15, 0.2) is 0 Å². The van der Waals surface area contributed by atoms with E-state index in [9.17, 15) is 15.0 Å². The predicted octanol–water partition coefficient (Wildman–Crippen LogP) is 4.17. The molecule has 0 spiro atoms. The van der Waals surface area contributed by atoms with Crippen LogP contribution in [0.3, 0.4) is 0 Å². The number of nitrogens with zero attached hydrogens (tertiary/aromatic N) is 2. The highest BCUT2D eigenvalue weighted by Crippen LogP contribution is 2.26. The van der Waals surface area contributed by atoms with Crippen molar-refractivity contribution in [3.8, 4) is 5.75 Å². The van der Waals surface area contributed by atoms with Crippen molar-refractivity contribution in [3.05, 3.63) is 76.3 Å². The Labute approximate surface area is 192 Å². The van der Waals surface area contributed by atoms with Crippen molar-refractivity contribution in [2.24, 2.45) is 11.0 Å². The Morgan fingerprint density at radius 3 is 2.78 bits per heavy atom. The molecule has 166 valence electrons. The fourth-order valence-electron chi connectivity index (χ4n) is 4.19. The molecule has 3 aromatic carbocycles. The SMILES string of the molecule is O=C(N/N=C/c1ccc(CN2CCCC(CO)C2)c2ccccc12)c1ccc(O)c(Cl)c1. The molecule has 32 heavy (non-hydrogen) atoms. The van der Waals surface area contributed by atoms with Crippen LogP contribution in [0.15, 0.2) is 59.7 Å². The van der Waals surface area contributed by atoms with Crippen LogP contribution in [-0.4, -0.2) is 46.9 Å². The lowest BCUT2D eigenvalue weighted by atomic mass is 9.96. The van der Waals surface area contributed by atoms with E-state index in [1.54, 1.807) is 6.21 Å². The molecule has 0 aliphatic carbocycles. The highest BCUT2D eigenvalue weighted by molar-refractivity contribution is 6.32. The normalized spacial score (nSPS) is 17.1. The zero-order valence-electron chi connectivity index (χ0n) is 17.7. The van der Waals surface area contributed by atoms with Crippen molar-refractivity contribution in [3.63, 3.8) is 0 Å². The number of piperidine rings is 1. The van der Waals surface area contributed by atoms with Gasteiger partial charge in [0.1, 0.15) is 5.75 Å². The summed E-state index contributed by atoms with van der Waals surface area (Å²) in [5.41, 5.74) is 4.96. The number of phenolic OH excluding ortho intramolecular Hbond substituents is 1. The number of hydrazone groups is 1. The van der Waals surface area contributed by atoms with Crippen molar-refractivity contribution in [2.45, 2.75) is 19.4 Å².